The number of nitrogens with one attached hydrogen (secondary N) is 2. The first-order valence-electron chi connectivity index (χ1n) is 6.89. The number of carbonyl (C=O) groups is 2. The molecule has 2 unspecified atom stereocenters. The van der Waals surface area contributed by atoms with Gasteiger partial charge >= 0.3 is 0 Å². The van der Waals surface area contributed by atoms with Gasteiger partial charge in [0.2, 0.25) is 5.91 Å². The summed E-state index contributed by atoms with van der Waals surface area (Å²) in [4.78, 5) is 24.5. The molecule has 0 aromatic heterocycles. The molecule has 3 rings (SSSR count). The Morgan fingerprint density at radius 2 is 2.33 bits per heavy atom. The highest BCUT2D eigenvalue weighted by molar-refractivity contribution is 8.00. The first-order valence-corrected chi connectivity index (χ1v) is 7.87. The fraction of sp³-hybridized carbons (Fsp3) is 0.429. The molecule has 2 aliphatic rings. The van der Waals surface area contributed by atoms with Crippen LogP contribution in [0, 0.1) is 0 Å². The minimum atomic E-state index is -0.446. The first-order chi connectivity index (χ1) is 10.2. The van der Waals surface area contributed by atoms with Crippen LogP contribution in [0.4, 0.5) is 11.4 Å². The Hall–Kier alpha value is -1.57. The number of amides is 2. The van der Waals surface area contributed by atoms with Crippen molar-refractivity contribution in [2.45, 2.75) is 29.9 Å². The van der Waals surface area contributed by atoms with Gasteiger partial charge in [-0.15, -0.1) is 11.8 Å². The predicted molar refractivity (Wildman–Crippen MR) is 81.4 cm³/mol. The molecule has 2 atom stereocenters. The average Bonchev–Trinajstić information content (AvgIpc) is 2.96. The topological polar surface area (TPSA) is 93.5 Å². The maximum absolute atomic E-state index is 12.1. The van der Waals surface area contributed by atoms with Gasteiger partial charge < -0.3 is 21.1 Å². The summed E-state index contributed by atoms with van der Waals surface area (Å²) < 4.78 is 5.56. The Kier molecular flexibility index (Phi) is 4.14. The number of ether oxygens (including phenoxy) is 1. The van der Waals surface area contributed by atoms with Crippen LogP contribution in [0.1, 0.15) is 12.8 Å². The number of nitrogens with two attached hydrogens (primary N) is 1. The van der Waals surface area contributed by atoms with E-state index >= 15 is 0 Å². The third-order valence-electron chi connectivity index (χ3n) is 3.54. The van der Waals surface area contributed by atoms with E-state index in [0.29, 0.717) is 24.4 Å². The smallest absolute Gasteiger partial charge is 0.253 e. The fourth-order valence-corrected chi connectivity index (χ4v) is 3.24. The number of hydrogen-bond donors (Lipinski definition) is 3. The Balaban J connectivity index is 1.66. The van der Waals surface area contributed by atoms with E-state index < -0.39 is 6.10 Å². The SMILES string of the molecule is NCC1CCC(C(=O)Nc2ccc3c(c2)NC(=O)CS3)O1. The molecule has 1 aromatic rings. The van der Waals surface area contributed by atoms with Crippen LogP contribution in [0.3, 0.4) is 0 Å². The van der Waals surface area contributed by atoms with Gasteiger partial charge in [-0.25, -0.2) is 0 Å². The fourth-order valence-electron chi connectivity index (χ4n) is 2.46. The van der Waals surface area contributed by atoms with Gasteiger partial charge in [0.25, 0.3) is 5.91 Å². The van der Waals surface area contributed by atoms with Crippen molar-refractivity contribution in [2.24, 2.45) is 5.73 Å². The van der Waals surface area contributed by atoms with E-state index in [-0.39, 0.29) is 17.9 Å². The Morgan fingerprint density at radius 3 is 3.10 bits per heavy atom. The molecule has 2 amide bonds. The molecule has 1 aromatic carbocycles. The van der Waals surface area contributed by atoms with Gasteiger partial charge in [0, 0.05) is 17.1 Å². The van der Waals surface area contributed by atoms with Crippen LogP contribution in [0.25, 0.3) is 0 Å². The summed E-state index contributed by atoms with van der Waals surface area (Å²) in [5.41, 5.74) is 6.93. The number of fused-ring (bicyclic) bond motifs is 1. The number of anilines is 2. The lowest BCUT2D eigenvalue weighted by Crippen LogP contribution is -2.29. The van der Waals surface area contributed by atoms with Gasteiger partial charge in [-0.3, -0.25) is 9.59 Å². The zero-order valence-electron chi connectivity index (χ0n) is 11.4. The van der Waals surface area contributed by atoms with Gasteiger partial charge in [-0.05, 0) is 31.0 Å². The van der Waals surface area contributed by atoms with E-state index in [1.807, 2.05) is 12.1 Å². The summed E-state index contributed by atoms with van der Waals surface area (Å²) in [7, 11) is 0. The van der Waals surface area contributed by atoms with Crippen molar-refractivity contribution in [3.8, 4) is 0 Å². The van der Waals surface area contributed by atoms with Crippen molar-refractivity contribution in [1.82, 2.24) is 0 Å². The molecule has 0 bridgehead atoms. The second kappa shape index (κ2) is 6.05. The summed E-state index contributed by atoms with van der Waals surface area (Å²) in [5, 5.41) is 5.63. The van der Waals surface area contributed by atoms with Crippen LogP contribution in [0.15, 0.2) is 23.1 Å². The van der Waals surface area contributed by atoms with Crippen molar-refractivity contribution in [3.05, 3.63) is 18.2 Å². The number of thioether (sulfide) groups is 1. The molecule has 0 saturated carbocycles. The van der Waals surface area contributed by atoms with Gasteiger partial charge in [-0.2, -0.15) is 0 Å². The first kappa shape index (κ1) is 14.4. The third-order valence-corrected chi connectivity index (χ3v) is 4.62. The van der Waals surface area contributed by atoms with Crippen LogP contribution in [-0.2, 0) is 14.3 Å². The van der Waals surface area contributed by atoms with Crippen molar-refractivity contribution in [2.75, 3.05) is 22.9 Å². The Labute approximate surface area is 126 Å². The summed E-state index contributed by atoms with van der Waals surface area (Å²) in [5.74, 6) is 0.233. The lowest BCUT2D eigenvalue weighted by molar-refractivity contribution is -0.126. The quantitative estimate of drug-likeness (QED) is 0.779. The Morgan fingerprint density at radius 1 is 1.48 bits per heavy atom. The molecule has 1 fully saturated rings. The molecule has 112 valence electrons. The number of hydrogen-bond acceptors (Lipinski definition) is 5. The molecule has 0 radical (unpaired) electrons. The summed E-state index contributed by atoms with van der Waals surface area (Å²) >= 11 is 1.49. The summed E-state index contributed by atoms with van der Waals surface area (Å²) in [6.45, 7) is 0.436. The van der Waals surface area contributed by atoms with E-state index in [9.17, 15) is 9.59 Å². The molecule has 7 heteroatoms. The van der Waals surface area contributed by atoms with Crippen molar-refractivity contribution < 1.29 is 14.3 Å². The van der Waals surface area contributed by atoms with E-state index in [0.717, 1.165) is 17.0 Å². The van der Waals surface area contributed by atoms with Crippen LogP contribution < -0.4 is 16.4 Å². The Bertz CT molecular complexity index is 579. The number of rotatable bonds is 3. The molecule has 4 N–H and O–H groups in total. The number of carbonyl (C=O) groups excluding carboxylic acids is 2. The highest BCUT2D eigenvalue weighted by Gasteiger charge is 2.30. The van der Waals surface area contributed by atoms with E-state index in [4.69, 9.17) is 10.5 Å². The molecule has 21 heavy (non-hydrogen) atoms. The molecule has 2 heterocycles. The molecule has 0 aliphatic carbocycles. The zero-order valence-corrected chi connectivity index (χ0v) is 12.2. The van der Waals surface area contributed by atoms with Crippen molar-refractivity contribution >= 4 is 35.0 Å². The highest BCUT2D eigenvalue weighted by Crippen LogP contribution is 2.33. The summed E-state index contributed by atoms with van der Waals surface area (Å²) in [6.07, 6.45) is 1.02. The maximum atomic E-state index is 12.1. The minimum Gasteiger partial charge on any atom is -0.364 e. The predicted octanol–water partition coefficient (Wildman–Crippen LogP) is 1.18. The molecule has 0 spiro atoms. The van der Waals surface area contributed by atoms with Crippen LogP contribution in [0.5, 0.6) is 0 Å². The highest BCUT2D eigenvalue weighted by atomic mass is 32.2. The van der Waals surface area contributed by atoms with Crippen molar-refractivity contribution in [3.63, 3.8) is 0 Å². The summed E-state index contributed by atoms with van der Waals surface area (Å²) in [6, 6.07) is 5.50. The normalized spacial score (nSPS) is 24.3. The largest absolute Gasteiger partial charge is 0.364 e. The van der Waals surface area contributed by atoms with Crippen LogP contribution >= 0.6 is 11.8 Å². The number of benzene rings is 1. The molecule has 2 aliphatic heterocycles. The van der Waals surface area contributed by atoms with Gasteiger partial charge in [0.05, 0.1) is 17.5 Å². The average molecular weight is 307 g/mol. The monoisotopic (exact) mass is 307 g/mol. The second-order valence-electron chi connectivity index (χ2n) is 5.10. The maximum Gasteiger partial charge on any atom is 0.253 e. The van der Waals surface area contributed by atoms with Crippen LogP contribution in [-0.4, -0.2) is 36.3 Å². The van der Waals surface area contributed by atoms with E-state index in [1.165, 1.54) is 11.8 Å². The van der Waals surface area contributed by atoms with Gasteiger partial charge in [0.1, 0.15) is 6.10 Å². The van der Waals surface area contributed by atoms with Gasteiger partial charge in [-0.1, -0.05) is 0 Å². The lowest BCUT2D eigenvalue weighted by Gasteiger charge is -2.18. The zero-order chi connectivity index (χ0) is 14.8. The molecular formula is C14H17N3O3S. The molecular weight excluding hydrogens is 290 g/mol. The van der Waals surface area contributed by atoms with Gasteiger partial charge in [0.15, 0.2) is 0 Å². The molecule has 6 nitrogen and oxygen atoms in total. The minimum absolute atomic E-state index is 0.0270. The van der Waals surface area contributed by atoms with E-state index in [2.05, 4.69) is 10.6 Å². The van der Waals surface area contributed by atoms with E-state index in [1.54, 1.807) is 6.07 Å². The molecule has 1 saturated heterocycles. The third kappa shape index (κ3) is 3.20. The lowest BCUT2D eigenvalue weighted by atomic mass is 10.2. The standard InChI is InChI=1S/C14H17N3O3S/c15-6-9-2-3-11(20-9)14(19)16-8-1-4-12-10(5-8)17-13(18)7-21-12/h1,4-5,9,11H,2-3,6-7,15H2,(H,16,19)(H,17,18). The van der Waals surface area contributed by atoms with Crippen molar-refractivity contribution in [1.29, 1.82) is 0 Å². The second-order valence-corrected chi connectivity index (χ2v) is 6.11. The van der Waals surface area contributed by atoms with Crippen LogP contribution in [0.2, 0.25) is 0 Å².